The predicted molar refractivity (Wildman–Crippen MR) is 228 cm³/mol. The molecule has 6 aromatic carbocycles. The Kier molecular flexibility index (Phi) is 10.8. The van der Waals surface area contributed by atoms with Crippen molar-refractivity contribution in [2.24, 2.45) is 10.2 Å². The van der Waals surface area contributed by atoms with Crippen LogP contribution in [0.5, 0.6) is 0 Å². The highest BCUT2D eigenvalue weighted by molar-refractivity contribution is 7.93. The zero-order chi connectivity index (χ0) is 40.4. The molecule has 0 saturated heterocycles. The number of nitrogens with one attached hydrogen (secondary N) is 4. The molecule has 0 saturated carbocycles. The van der Waals surface area contributed by atoms with Gasteiger partial charge >= 0.3 is 0 Å². The summed E-state index contributed by atoms with van der Waals surface area (Å²) in [7, 11) is -8.20. The van der Waals surface area contributed by atoms with Gasteiger partial charge in [-0.3, -0.25) is 14.2 Å². The Hall–Kier alpha value is -5.99. The summed E-state index contributed by atoms with van der Waals surface area (Å²) in [5.41, 5.74) is 12.5. The van der Waals surface area contributed by atoms with E-state index in [1.807, 2.05) is 48.5 Å². The quantitative estimate of drug-likeness (QED) is 0.0898. The molecule has 2 heterocycles. The molecule has 0 fully saturated rings. The normalized spacial score (nSPS) is 16.4. The Bertz CT molecular complexity index is 2610. The molecule has 2 unspecified atom stereocenters. The fourth-order valence-corrected chi connectivity index (χ4v) is 9.15. The lowest BCUT2D eigenvalue weighted by molar-refractivity contribution is 0.103. The first-order valence-corrected chi connectivity index (χ1v) is 21.8. The van der Waals surface area contributed by atoms with Gasteiger partial charge in [0.1, 0.15) is 0 Å². The largest absolute Gasteiger partial charge is 0.302 e. The van der Waals surface area contributed by atoms with Crippen LogP contribution in [0.3, 0.4) is 0 Å². The predicted octanol–water partition coefficient (Wildman–Crippen LogP) is 8.70. The maximum absolute atomic E-state index is 13.6. The zero-order valence-electron chi connectivity index (χ0n) is 30.4. The van der Waals surface area contributed by atoms with Crippen LogP contribution in [-0.2, 0) is 20.0 Å². The number of hydrazone groups is 2. The Labute approximate surface area is 345 Å². The molecule has 15 heteroatoms. The van der Waals surface area contributed by atoms with E-state index in [1.54, 1.807) is 48.5 Å². The van der Waals surface area contributed by atoms with E-state index in [0.29, 0.717) is 34.3 Å². The van der Waals surface area contributed by atoms with Crippen LogP contribution in [0.15, 0.2) is 166 Å². The number of hydrogen-bond acceptors (Lipinski definition) is 9. The summed E-state index contributed by atoms with van der Waals surface area (Å²) in [5.74, 6) is -0.548. The van der Waals surface area contributed by atoms with Gasteiger partial charge < -0.3 is 10.9 Å². The van der Waals surface area contributed by atoms with Crippen LogP contribution >= 0.6 is 23.2 Å². The lowest BCUT2D eigenvalue weighted by atomic mass is 9.99. The van der Waals surface area contributed by atoms with E-state index < -0.39 is 25.8 Å². The third-order valence-corrected chi connectivity index (χ3v) is 13.1. The molecule has 0 bridgehead atoms. The van der Waals surface area contributed by atoms with E-state index in [4.69, 9.17) is 23.2 Å². The van der Waals surface area contributed by atoms with Crippen molar-refractivity contribution < 1.29 is 21.6 Å². The number of benzene rings is 6. The number of anilines is 2. The van der Waals surface area contributed by atoms with Crippen molar-refractivity contribution in [3.05, 3.63) is 189 Å². The van der Waals surface area contributed by atoms with Gasteiger partial charge in [-0.05, 0) is 95.1 Å². The molecule has 2 aliphatic rings. The molecular formula is C43H34Cl2N6O5S2. The Morgan fingerprint density at radius 1 is 0.534 bits per heavy atom. The summed E-state index contributed by atoms with van der Waals surface area (Å²) in [6.45, 7) is 0. The topological polar surface area (TPSA) is 158 Å². The van der Waals surface area contributed by atoms with Gasteiger partial charge in [0.2, 0.25) is 0 Å². The number of sulfonamides is 2. The zero-order valence-corrected chi connectivity index (χ0v) is 33.6. The molecule has 11 nitrogen and oxygen atoms in total. The summed E-state index contributed by atoms with van der Waals surface area (Å²) >= 11 is 12.0. The van der Waals surface area contributed by atoms with Crippen molar-refractivity contribution in [1.29, 1.82) is 0 Å². The molecule has 0 spiro atoms. The summed E-state index contributed by atoms with van der Waals surface area (Å²) in [4.78, 5) is 13.4. The Morgan fingerprint density at radius 2 is 0.914 bits per heavy atom. The Morgan fingerprint density at radius 3 is 1.29 bits per heavy atom. The minimum Gasteiger partial charge on any atom is -0.302 e. The molecule has 58 heavy (non-hydrogen) atoms. The van der Waals surface area contributed by atoms with Crippen molar-refractivity contribution in [3.8, 4) is 0 Å². The van der Waals surface area contributed by atoms with E-state index in [0.717, 1.165) is 33.7 Å². The minimum atomic E-state index is -4.10. The minimum absolute atomic E-state index is 0.000214. The number of nitrogens with zero attached hydrogens (tertiary/aromatic N) is 2. The summed E-state index contributed by atoms with van der Waals surface area (Å²) in [5, 5.41) is 10.3. The SMILES string of the molecule is O=C(c1cccc(S(=O)(=O)Nc2ccc(C3=NNC(c4ccc(Cl)cc4)C3)cc2)c1)c1cccc(S(=O)(=O)Nc2ccc(C3=NNC(c4ccc(Cl)cc4)C3)cc2)c1. The highest BCUT2D eigenvalue weighted by atomic mass is 35.5. The molecule has 2 aliphatic heterocycles. The maximum atomic E-state index is 13.6. The first-order chi connectivity index (χ1) is 27.9. The monoisotopic (exact) mass is 848 g/mol. The molecule has 8 rings (SSSR count). The Balaban J connectivity index is 0.901. The van der Waals surface area contributed by atoms with Gasteiger partial charge in [0.25, 0.3) is 20.0 Å². The molecule has 292 valence electrons. The molecule has 6 aromatic rings. The smallest absolute Gasteiger partial charge is 0.261 e. The van der Waals surface area contributed by atoms with Crippen LogP contribution in [0.4, 0.5) is 11.4 Å². The third kappa shape index (κ3) is 8.63. The van der Waals surface area contributed by atoms with Gasteiger partial charge in [0.15, 0.2) is 5.78 Å². The lowest BCUT2D eigenvalue weighted by Gasteiger charge is -2.12. The number of hydrogen-bond donors (Lipinski definition) is 4. The third-order valence-electron chi connectivity index (χ3n) is 9.80. The number of carbonyl (C=O) groups excluding carboxylic acids is 1. The molecule has 4 N–H and O–H groups in total. The summed E-state index contributed by atoms with van der Waals surface area (Å²) in [6.07, 6.45) is 1.30. The fraction of sp³-hybridized carbons (Fsp3) is 0.0930. The fourth-order valence-electron chi connectivity index (χ4n) is 6.69. The van der Waals surface area contributed by atoms with Crippen LogP contribution in [-0.4, -0.2) is 34.0 Å². The second-order valence-corrected chi connectivity index (χ2v) is 18.0. The van der Waals surface area contributed by atoms with Crippen LogP contribution in [0.25, 0.3) is 0 Å². The number of carbonyl (C=O) groups is 1. The van der Waals surface area contributed by atoms with Gasteiger partial charge in [0, 0.05) is 45.4 Å². The van der Waals surface area contributed by atoms with Crippen molar-refractivity contribution in [2.75, 3.05) is 9.44 Å². The van der Waals surface area contributed by atoms with Crippen LogP contribution in [0, 0.1) is 0 Å². The molecule has 0 amide bonds. The van der Waals surface area contributed by atoms with E-state index in [2.05, 4.69) is 30.5 Å². The molecule has 0 radical (unpaired) electrons. The van der Waals surface area contributed by atoms with Crippen molar-refractivity contribution >= 4 is 71.8 Å². The standard InChI is InChI=1S/C43H34Cl2N6O5S2/c44-33-15-7-27(8-16-33)39-25-41(48-46-39)29-11-19-35(20-12-29)50-57(53,54)37-5-1-3-31(23-37)43(52)32-4-2-6-38(24-32)58(55,56)51-36-21-13-30(14-22-36)42-26-40(47-49-42)28-9-17-34(45)18-10-28/h1-24,39-40,46-47,50-51H,25-26H2. The number of halogens is 2. The highest BCUT2D eigenvalue weighted by Crippen LogP contribution is 2.29. The average Bonchev–Trinajstić information content (AvgIpc) is 3.93. The second kappa shape index (κ2) is 16.1. The first-order valence-electron chi connectivity index (χ1n) is 18.1. The van der Waals surface area contributed by atoms with E-state index in [1.165, 1.54) is 48.5 Å². The first kappa shape index (κ1) is 38.9. The summed E-state index contributed by atoms with van der Waals surface area (Å²) in [6, 6.07) is 40.0. The van der Waals surface area contributed by atoms with Crippen molar-refractivity contribution in [1.82, 2.24) is 10.9 Å². The molecule has 0 aromatic heterocycles. The van der Waals surface area contributed by atoms with Gasteiger partial charge in [-0.1, -0.05) is 96.0 Å². The van der Waals surface area contributed by atoms with E-state index in [-0.39, 0.29) is 33.0 Å². The number of ketones is 1. The van der Waals surface area contributed by atoms with Crippen LogP contribution < -0.4 is 20.3 Å². The van der Waals surface area contributed by atoms with E-state index >= 15 is 0 Å². The van der Waals surface area contributed by atoms with Crippen LogP contribution in [0.1, 0.15) is 63.1 Å². The molecule has 0 aliphatic carbocycles. The van der Waals surface area contributed by atoms with Gasteiger partial charge in [-0.2, -0.15) is 10.2 Å². The maximum Gasteiger partial charge on any atom is 0.261 e. The van der Waals surface area contributed by atoms with Gasteiger partial charge in [0.05, 0.1) is 33.3 Å². The average molecular weight is 850 g/mol. The van der Waals surface area contributed by atoms with E-state index in [9.17, 15) is 21.6 Å². The van der Waals surface area contributed by atoms with Crippen LogP contribution in [0.2, 0.25) is 10.0 Å². The van der Waals surface area contributed by atoms with Gasteiger partial charge in [-0.15, -0.1) is 0 Å². The second-order valence-electron chi connectivity index (χ2n) is 13.7. The van der Waals surface area contributed by atoms with Crippen molar-refractivity contribution in [3.63, 3.8) is 0 Å². The molecule has 2 atom stereocenters. The summed E-state index contributed by atoms with van der Waals surface area (Å²) < 4.78 is 58.9. The molecular weight excluding hydrogens is 816 g/mol. The number of rotatable bonds is 12. The lowest BCUT2D eigenvalue weighted by Crippen LogP contribution is -2.15. The highest BCUT2D eigenvalue weighted by Gasteiger charge is 2.24. The van der Waals surface area contributed by atoms with Gasteiger partial charge in [-0.25, -0.2) is 16.8 Å². The van der Waals surface area contributed by atoms with Crippen molar-refractivity contribution in [2.45, 2.75) is 34.7 Å².